The van der Waals surface area contributed by atoms with Gasteiger partial charge < -0.3 is 9.88 Å². The van der Waals surface area contributed by atoms with E-state index in [2.05, 4.69) is 29.1 Å². The molecule has 76 valence electrons. The van der Waals surface area contributed by atoms with Gasteiger partial charge in [-0.2, -0.15) is 5.26 Å². The van der Waals surface area contributed by atoms with Gasteiger partial charge in [-0.05, 0) is 32.1 Å². The van der Waals surface area contributed by atoms with Crippen molar-refractivity contribution in [3.05, 3.63) is 24.0 Å². The van der Waals surface area contributed by atoms with Crippen LogP contribution in [0, 0.1) is 11.3 Å². The smallest absolute Gasteiger partial charge is 0.0622 e. The van der Waals surface area contributed by atoms with Crippen LogP contribution in [-0.2, 0) is 6.42 Å². The van der Waals surface area contributed by atoms with Gasteiger partial charge in [0.25, 0.3) is 0 Å². The molecule has 3 heteroatoms. The van der Waals surface area contributed by atoms with E-state index in [1.807, 2.05) is 12.3 Å². The van der Waals surface area contributed by atoms with Crippen molar-refractivity contribution in [2.24, 2.45) is 0 Å². The number of nitriles is 1. The minimum Gasteiger partial charge on any atom is -0.365 e. The van der Waals surface area contributed by atoms with Crippen LogP contribution in [0.5, 0.6) is 0 Å². The average molecular weight is 191 g/mol. The number of nitrogens with zero attached hydrogens (tertiary/aromatic N) is 2. The first-order valence-electron chi connectivity index (χ1n) is 5.00. The molecule has 0 radical (unpaired) electrons. The van der Waals surface area contributed by atoms with Crippen LogP contribution in [0.3, 0.4) is 0 Å². The summed E-state index contributed by atoms with van der Waals surface area (Å²) in [5, 5.41) is 8.39. The summed E-state index contributed by atoms with van der Waals surface area (Å²) in [7, 11) is 2.10. The average Bonchev–Trinajstić information content (AvgIpc) is 2.68. The van der Waals surface area contributed by atoms with Gasteiger partial charge >= 0.3 is 0 Å². The molecule has 0 saturated carbocycles. The fourth-order valence-electron chi connectivity index (χ4n) is 1.37. The third-order valence-corrected chi connectivity index (χ3v) is 2.25. The molecule has 1 rings (SSSR count). The highest BCUT2D eigenvalue weighted by Crippen LogP contribution is 1.98. The van der Waals surface area contributed by atoms with Crippen LogP contribution in [0.4, 0.5) is 0 Å². The van der Waals surface area contributed by atoms with E-state index in [1.165, 1.54) is 5.69 Å². The van der Waals surface area contributed by atoms with Gasteiger partial charge in [-0.3, -0.25) is 0 Å². The molecule has 0 aliphatic heterocycles. The molecule has 0 fully saturated rings. The van der Waals surface area contributed by atoms with Crippen LogP contribution in [0.2, 0.25) is 0 Å². The maximum absolute atomic E-state index is 8.39. The Balaban J connectivity index is 2.09. The third kappa shape index (κ3) is 4.11. The van der Waals surface area contributed by atoms with E-state index in [-0.39, 0.29) is 0 Å². The van der Waals surface area contributed by atoms with Gasteiger partial charge in [0.05, 0.1) is 6.07 Å². The second-order valence-corrected chi connectivity index (χ2v) is 3.51. The third-order valence-electron chi connectivity index (χ3n) is 2.25. The summed E-state index contributed by atoms with van der Waals surface area (Å²) in [5.74, 6) is 0. The normalized spacial score (nSPS) is 10.4. The lowest BCUT2D eigenvalue weighted by Gasteiger charge is -2.14. The number of aromatic amines is 1. The molecule has 1 aromatic heterocycles. The first-order valence-corrected chi connectivity index (χ1v) is 5.00. The standard InChI is InChI=1S/C11H17N3/c1-14(9-3-2-7-12)10-6-11-5-4-8-13-11/h4-5,8,13H,2-3,6,9-10H2,1H3. The van der Waals surface area contributed by atoms with E-state index >= 15 is 0 Å². The second kappa shape index (κ2) is 6.22. The van der Waals surface area contributed by atoms with Crippen molar-refractivity contribution in [3.8, 4) is 6.07 Å². The van der Waals surface area contributed by atoms with Crippen molar-refractivity contribution in [2.45, 2.75) is 19.3 Å². The molecule has 0 saturated heterocycles. The molecule has 0 atom stereocenters. The Morgan fingerprint density at radius 3 is 3.00 bits per heavy atom. The molecule has 14 heavy (non-hydrogen) atoms. The van der Waals surface area contributed by atoms with Crippen LogP contribution < -0.4 is 0 Å². The molecule has 0 aliphatic rings. The van der Waals surface area contributed by atoms with Crippen LogP contribution in [-0.4, -0.2) is 30.0 Å². The number of hydrogen-bond acceptors (Lipinski definition) is 2. The van der Waals surface area contributed by atoms with Crippen molar-refractivity contribution >= 4 is 0 Å². The topological polar surface area (TPSA) is 42.8 Å². The molecule has 0 unspecified atom stereocenters. The second-order valence-electron chi connectivity index (χ2n) is 3.51. The van der Waals surface area contributed by atoms with Crippen molar-refractivity contribution in [3.63, 3.8) is 0 Å². The first kappa shape index (κ1) is 10.8. The minimum atomic E-state index is 0.660. The quantitative estimate of drug-likeness (QED) is 0.697. The van der Waals surface area contributed by atoms with Gasteiger partial charge in [0, 0.05) is 31.3 Å². The van der Waals surface area contributed by atoms with Crippen molar-refractivity contribution in [1.29, 1.82) is 5.26 Å². The molecule has 3 nitrogen and oxygen atoms in total. The fraction of sp³-hybridized carbons (Fsp3) is 0.545. The molecule has 0 spiro atoms. The van der Waals surface area contributed by atoms with Gasteiger partial charge in [0.15, 0.2) is 0 Å². The van der Waals surface area contributed by atoms with E-state index in [1.54, 1.807) is 0 Å². The minimum absolute atomic E-state index is 0.660. The van der Waals surface area contributed by atoms with Gasteiger partial charge in [-0.1, -0.05) is 0 Å². The zero-order chi connectivity index (χ0) is 10.2. The Morgan fingerprint density at radius 2 is 2.36 bits per heavy atom. The molecule has 0 aliphatic carbocycles. The predicted octanol–water partition coefficient (Wildman–Crippen LogP) is 1.79. The van der Waals surface area contributed by atoms with Crippen LogP contribution >= 0.6 is 0 Å². The maximum atomic E-state index is 8.39. The van der Waals surface area contributed by atoms with E-state index in [4.69, 9.17) is 5.26 Å². The number of nitrogens with one attached hydrogen (secondary N) is 1. The fourth-order valence-corrected chi connectivity index (χ4v) is 1.37. The number of H-pyrrole nitrogens is 1. The Morgan fingerprint density at radius 1 is 1.50 bits per heavy atom. The lowest BCUT2D eigenvalue weighted by molar-refractivity contribution is 0.334. The molecule has 0 aromatic carbocycles. The zero-order valence-electron chi connectivity index (χ0n) is 8.66. The summed E-state index contributed by atoms with van der Waals surface area (Å²) in [5.41, 5.74) is 1.28. The molecule has 1 aromatic rings. The maximum Gasteiger partial charge on any atom is 0.0622 e. The first-order chi connectivity index (χ1) is 6.83. The Hall–Kier alpha value is -1.27. The Kier molecular flexibility index (Phi) is 4.81. The van der Waals surface area contributed by atoms with Gasteiger partial charge in [0.1, 0.15) is 0 Å². The molecule has 1 N–H and O–H groups in total. The summed E-state index contributed by atoms with van der Waals surface area (Å²) < 4.78 is 0. The van der Waals surface area contributed by atoms with Gasteiger partial charge in [-0.15, -0.1) is 0 Å². The summed E-state index contributed by atoms with van der Waals surface area (Å²) >= 11 is 0. The number of unbranched alkanes of at least 4 members (excludes halogenated alkanes) is 1. The lowest BCUT2D eigenvalue weighted by atomic mass is 10.2. The Bertz CT molecular complexity index is 271. The number of hydrogen-bond donors (Lipinski definition) is 1. The number of aromatic nitrogens is 1. The van der Waals surface area contributed by atoms with Gasteiger partial charge in [0.2, 0.25) is 0 Å². The van der Waals surface area contributed by atoms with E-state index in [0.717, 1.165) is 25.9 Å². The zero-order valence-corrected chi connectivity index (χ0v) is 8.66. The van der Waals surface area contributed by atoms with Crippen LogP contribution in [0.1, 0.15) is 18.5 Å². The van der Waals surface area contributed by atoms with Crippen LogP contribution in [0.15, 0.2) is 18.3 Å². The summed E-state index contributed by atoms with van der Waals surface area (Å²) in [6.45, 7) is 2.06. The van der Waals surface area contributed by atoms with Crippen molar-refractivity contribution in [2.75, 3.05) is 20.1 Å². The lowest BCUT2D eigenvalue weighted by Crippen LogP contribution is -2.22. The SMILES string of the molecule is CN(CCCC#N)CCc1ccc[nH]1. The summed E-state index contributed by atoms with van der Waals surface area (Å²) in [6.07, 6.45) is 4.63. The van der Waals surface area contributed by atoms with E-state index in [9.17, 15) is 0 Å². The summed E-state index contributed by atoms with van der Waals surface area (Å²) in [6, 6.07) is 6.28. The summed E-state index contributed by atoms with van der Waals surface area (Å²) in [4.78, 5) is 5.44. The van der Waals surface area contributed by atoms with Crippen molar-refractivity contribution < 1.29 is 0 Å². The predicted molar refractivity (Wildman–Crippen MR) is 56.8 cm³/mol. The molecule has 1 heterocycles. The largest absolute Gasteiger partial charge is 0.365 e. The van der Waals surface area contributed by atoms with E-state index < -0.39 is 0 Å². The highest BCUT2D eigenvalue weighted by atomic mass is 15.1. The molecular weight excluding hydrogens is 174 g/mol. The highest BCUT2D eigenvalue weighted by molar-refractivity contribution is 5.03. The van der Waals surface area contributed by atoms with Crippen molar-refractivity contribution in [1.82, 2.24) is 9.88 Å². The Labute approximate surface area is 85.3 Å². The highest BCUT2D eigenvalue weighted by Gasteiger charge is 1.99. The van der Waals surface area contributed by atoms with Gasteiger partial charge in [-0.25, -0.2) is 0 Å². The van der Waals surface area contributed by atoms with E-state index in [0.29, 0.717) is 6.42 Å². The molecular formula is C11H17N3. The monoisotopic (exact) mass is 191 g/mol. The van der Waals surface area contributed by atoms with Crippen LogP contribution in [0.25, 0.3) is 0 Å². The molecule has 0 bridgehead atoms. The number of rotatable bonds is 6. The molecule has 0 amide bonds. The number of likely N-dealkylation sites (N-methyl/N-ethyl adjacent to an activating group) is 1.